The standard InChI is InChI=1S/C10H7IN2OS/c11-9-7(10(12)14)8(15-13-9)6-4-2-1-3-5-6/h1-5H,(H2,12,14). The number of primary amides is 1. The van der Waals surface area contributed by atoms with E-state index in [2.05, 4.69) is 4.37 Å². The molecular weight excluding hydrogens is 323 g/mol. The molecular formula is C10H7IN2OS. The van der Waals surface area contributed by atoms with Crippen molar-refractivity contribution in [2.75, 3.05) is 0 Å². The Morgan fingerprint density at radius 1 is 1.33 bits per heavy atom. The van der Waals surface area contributed by atoms with E-state index in [1.165, 1.54) is 11.5 Å². The molecule has 0 saturated carbocycles. The van der Waals surface area contributed by atoms with Crippen LogP contribution in [0.5, 0.6) is 0 Å². The van der Waals surface area contributed by atoms with Gasteiger partial charge in [-0.05, 0) is 39.7 Å². The maximum absolute atomic E-state index is 11.3. The molecule has 0 radical (unpaired) electrons. The van der Waals surface area contributed by atoms with Gasteiger partial charge in [0.25, 0.3) is 5.91 Å². The number of rotatable bonds is 2. The Hall–Kier alpha value is -0.950. The lowest BCUT2D eigenvalue weighted by atomic mass is 10.1. The summed E-state index contributed by atoms with van der Waals surface area (Å²) in [5.41, 5.74) is 6.82. The highest BCUT2D eigenvalue weighted by molar-refractivity contribution is 14.1. The van der Waals surface area contributed by atoms with Crippen LogP contribution in [0.15, 0.2) is 30.3 Å². The largest absolute Gasteiger partial charge is 0.365 e. The lowest BCUT2D eigenvalue weighted by Crippen LogP contribution is -2.12. The summed E-state index contributed by atoms with van der Waals surface area (Å²) < 4.78 is 4.81. The molecule has 0 aliphatic heterocycles. The highest BCUT2D eigenvalue weighted by atomic mass is 127. The average Bonchev–Trinajstić information content (AvgIpc) is 2.61. The molecule has 5 heteroatoms. The first-order valence-electron chi connectivity index (χ1n) is 4.20. The zero-order valence-electron chi connectivity index (χ0n) is 7.61. The lowest BCUT2D eigenvalue weighted by molar-refractivity contribution is 0.100. The summed E-state index contributed by atoms with van der Waals surface area (Å²) >= 11 is 3.32. The molecule has 0 aliphatic carbocycles. The first-order valence-corrected chi connectivity index (χ1v) is 6.05. The van der Waals surface area contributed by atoms with Gasteiger partial charge in [0, 0.05) is 0 Å². The van der Waals surface area contributed by atoms with E-state index in [9.17, 15) is 4.79 Å². The van der Waals surface area contributed by atoms with Crippen molar-refractivity contribution in [3.05, 3.63) is 39.6 Å². The van der Waals surface area contributed by atoms with Crippen LogP contribution in [-0.4, -0.2) is 10.3 Å². The van der Waals surface area contributed by atoms with Gasteiger partial charge in [0.15, 0.2) is 0 Å². The zero-order chi connectivity index (χ0) is 10.8. The lowest BCUT2D eigenvalue weighted by Gasteiger charge is -1.98. The molecule has 1 amide bonds. The van der Waals surface area contributed by atoms with Crippen LogP contribution in [0, 0.1) is 3.70 Å². The van der Waals surface area contributed by atoms with E-state index in [1.807, 2.05) is 52.9 Å². The second kappa shape index (κ2) is 4.28. The van der Waals surface area contributed by atoms with Gasteiger partial charge in [-0.15, -0.1) is 0 Å². The Balaban J connectivity index is 2.59. The summed E-state index contributed by atoms with van der Waals surface area (Å²) in [4.78, 5) is 12.1. The molecule has 76 valence electrons. The van der Waals surface area contributed by atoms with Gasteiger partial charge in [-0.2, -0.15) is 4.37 Å². The number of benzene rings is 1. The Kier molecular flexibility index (Phi) is 3.01. The van der Waals surface area contributed by atoms with Crippen LogP contribution in [0.4, 0.5) is 0 Å². The van der Waals surface area contributed by atoms with Gasteiger partial charge >= 0.3 is 0 Å². The fraction of sp³-hybridized carbons (Fsp3) is 0. The van der Waals surface area contributed by atoms with Gasteiger partial charge in [-0.3, -0.25) is 4.79 Å². The van der Waals surface area contributed by atoms with Crippen molar-refractivity contribution in [3.8, 4) is 10.4 Å². The van der Waals surface area contributed by atoms with E-state index in [4.69, 9.17) is 5.73 Å². The Labute approximate surface area is 105 Å². The molecule has 0 spiro atoms. The second-order valence-corrected chi connectivity index (χ2v) is 4.70. The van der Waals surface area contributed by atoms with Crippen LogP contribution in [-0.2, 0) is 0 Å². The molecule has 1 aromatic carbocycles. The first kappa shape index (κ1) is 10.6. The molecule has 0 saturated heterocycles. The molecule has 2 rings (SSSR count). The quantitative estimate of drug-likeness (QED) is 0.861. The minimum absolute atomic E-state index is 0.424. The Morgan fingerprint density at radius 2 is 2.00 bits per heavy atom. The van der Waals surface area contributed by atoms with Crippen LogP contribution in [0.3, 0.4) is 0 Å². The number of nitrogens with zero attached hydrogens (tertiary/aromatic N) is 1. The van der Waals surface area contributed by atoms with Gasteiger partial charge in [0.05, 0.1) is 10.4 Å². The van der Waals surface area contributed by atoms with Crippen molar-refractivity contribution in [2.45, 2.75) is 0 Å². The van der Waals surface area contributed by atoms with E-state index >= 15 is 0 Å². The van der Waals surface area contributed by atoms with Gasteiger partial charge in [0.1, 0.15) is 3.70 Å². The molecule has 0 atom stereocenters. The summed E-state index contributed by atoms with van der Waals surface area (Å²) in [5.74, 6) is -0.424. The third-order valence-corrected chi connectivity index (χ3v) is 3.94. The Morgan fingerprint density at radius 3 is 2.60 bits per heavy atom. The maximum atomic E-state index is 11.3. The summed E-state index contributed by atoms with van der Waals surface area (Å²) in [6.45, 7) is 0. The number of hydrogen-bond donors (Lipinski definition) is 1. The molecule has 15 heavy (non-hydrogen) atoms. The van der Waals surface area contributed by atoms with E-state index in [0.717, 1.165) is 10.4 Å². The molecule has 0 bridgehead atoms. The van der Waals surface area contributed by atoms with Crippen LogP contribution < -0.4 is 5.73 Å². The first-order chi connectivity index (χ1) is 7.20. The third kappa shape index (κ3) is 2.03. The number of carbonyl (C=O) groups excluding carboxylic acids is 1. The van der Waals surface area contributed by atoms with Crippen molar-refractivity contribution < 1.29 is 4.79 Å². The minimum atomic E-state index is -0.424. The van der Waals surface area contributed by atoms with Crippen molar-refractivity contribution in [2.24, 2.45) is 5.73 Å². The smallest absolute Gasteiger partial charge is 0.252 e. The minimum Gasteiger partial charge on any atom is -0.365 e. The topological polar surface area (TPSA) is 56.0 Å². The molecule has 1 heterocycles. The third-order valence-electron chi connectivity index (χ3n) is 1.93. The molecule has 2 N–H and O–H groups in total. The molecule has 0 aliphatic rings. The fourth-order valence-corrected chi connectivity index (χ4v) is 3.08. The molecule has 1 aromatic heterocycles. The van der Waals surface area contributed by atoms with Crippen LogP contribution in [0.2, 0.25) is 0 Å². The predicted molar refractivity (Wildman–Crippen MR) is 68.8 cm³/mol. The van der Waals surface area contributed by atoms with Crippen molar-refractivity contribution in [1.29, 1.82) is 0 Å². The SMILES string of the molecule is NC(=O)c1c(I)nsc1-c1ccccc1. The van der Waals surface area contributed by atoms with Crippen molar-refractivity contribution in [3.63, 3.8) is 0 Å². The van der Waals surface area contributed by atoms with Crippen LogP contribution in [0.25, 0.3) is 10.4 Å². The molecule has 0 unspecified atom stereocenters. The summed E-state index contributed by atoms with van der Waals surface area (Å²) in [5, 5.41) is 0. The summed E-state index contributed by atoms with van der Waals surface area (Å²) in [6, 6.07) is 9.66. The van der Waals surface area contributed by atoms with E-state index < -0.39 is 5.91 Å². The highest BCUT2D eigenvalue weighted by Crippen LogP contribution is 2.30. The Bertz CT molecular complexity index is 495. The second-order valence-electron chi connectivity index (χ2n) is 2.91. The molecule has 0 fully saturated rings. The number of nitrogens with two attached hydrogens (primary N) is 1. The average molecular weight is 330 g/mol. The number of amides is 1. The number of carbonyl (C=O) groups is 1. The summed E-state index contributed by atoms with van der Waals surface area (Å²) in [7, 11) is 0. The number of hydrogen-bond acceptors (Lipinski definition) is 3. The van der Waals surface area contributed by atoms with Gasteiger partial charge in [-0.25, -0.2) is 0 Å². The van der Waals surface area contributed by atoms with E-state index in [-0.39, 0.29) is 0 Å². The summed E-state index contributed by atoms with van der Waals surface area (Å²) in [6.07, 6.45) is 0. The van der Waals surface area contributed by atoms with Gasteiger partial charge < -0.3 is 5.73 Å². The predicted octanol–water partition coefficient (Wildman–Crippen LogP) is 2.51. The van der Waals surface area contributed by atoms with E-state index in [0.29, 0.717) is 9.26 Å². The maximum Gasteiger partial charge on any atom is 0.252 e. The van der Waals surface area contributed by atoms with Gasteiger partial charge in [-0.1, -0.05) is 30.3 Å². The highest BCUT2D eigenvalue weighted by Gasteiger charge is 2.17. The zero-order valence-corrected chi connectivity index (χ0v) is 10.6. The van der Waals surface area contributed by atoms with E-state index in [1.54, 1.807) is 0 Å². The van der Waals surface area contributed by atoms with Gasteiger partial charge in [0.2, 0.25) is 0 Å². The normalized spacial score (nSPS) is 10.2. The van der Waals surface area contributed by atoms with Crippen molar-refractivity contribution >= 4 is 40.0 Å². The van der Waals surface area contributed by atoms with Crippen LogP contribution in [0.1, 0.15) is 10.4 Å². The number of aromatic nitrogens is 1. The number of halogens is 1. The van der Waals surface area contributed by atoms with Crippen LogP contribution >= 0.6 is 34.1 Å². The fourth-order valence-electron chi connectivity index (χ4n) is 1.27. The van der Waals surface area contributed by atoms with Crippen molar-refractivity contribution in [1.82, 2.24) is 4.37 Å². The molecule has 3 nitrogen and oxygen atoms in total. The monoisotopic (exact) mass is 330 g/mol. The molecule has 2 aromatic rings.